The Morgan fingerprint density at radius 2 is 2.29 bits per heavy atom. The molecule has 5 nitrogen and oxygen atoms in total. The molecule has 0 aromatic heterocycles. The predicted molar refractivity (Wildman–Crippen MR) is 64.2 cm³/mol. The Bertz CT molecular complexity index is 451. The van der Waals surface area contributed by atoms with Crippen LogP contribution in [0.1, 0.15) is 18.0 Å². The molecular weight excluding hydrogens is 244 g/mol. The van der Waals surface area contributed by atoms with Gasteiger partial charge in [-0.2, -0.15) is 0 Å². The quantitative estimate of drug-likeness (QED) is 0.703. The minimum Gasteiger partial charge on any atom is -0.492 e. The highest BCUT2D eigenvalue weighted by atomic mass is 35.5. The molecule has 1 aliphatic heterocycles. The fraction of sp³-hybridized carbons (Fsp3) is 0.364. The molecule has 1 unspecified atom stereocenters. The van der Waals surface area contributed by atoms with Crippen LogP contribution in [-0.4, -0.2) is 24.2 Å². The van der Waals surface area contributed by atoms with Gasteiger partial charge in [-0.3, -0.25) is 4.79 Å². The fourth-order valence-corrected chi connectivity index (χ4v) is 1.87. The Kier molecular flexibility index (Phi) is 3.51. The summed E-state index contributed by atoms with van der Waals surface area (Å²) in [6.07, 6.45) is 0.527. The Morgan fingerprint density at radius 1 is 1.53 bits per heavy atom. The number of aliphatic hydroxyl groups is 1. The van der Waals surface area contributed by atoms with Gasteiger partial charge >= 0.3 is 0 Å². The average Bonchev–Trinajstić information content (AvgIpc) is 2.56. The van der Waals surface area contributed by atoms with Crippen molar-refractivity contribution in [1.82, 2.24) is 0 Å². The van der Waals surface area contributed by atoms with Crippen molar-refractivity contribution in [2.75, 3.05) is 18.5 Å². The van der Waals surface area contributed by atoms with E-state index in [1.165, 1.54) is 0 Å². The number of aliphatic hydroxyl groups excluding tert-OH is 1. The average molecular weight is 257 g/mol. The van der Waals surface area contributed by atoms with Gasteiger partial charge in [0, 0.05) is 30.3 Å². The first-order valence-corrected chi connectivity index (χ1v) is 5.65. The number of halogens is 1. The lowest BCUT2D eigenvalue weighted by atomic mass is 10.1. The van der Waals surface area contributed by atoms with E-state index in [0.29, 0.717) is 35.1 Å². The maximum Gasteiger partial charge on any atom is 0.245 e. The van der Waals surface area contributed by atoms with Gasteiger partial charge < -0.3 is 20.9 Å². The third-order valence-electron chi connectivity index (χ3n) is 2.54. The molecule has 1 aliphatic rings. The minimum absolute atomic E-state index is 0.0597. The molecule has 0 spiro atoms. The summed E-state index contributed by atoms with van der Waals surface area (Å²) >= 11 is 6.02. The fourth-order valence-electron chi connectivity index (χ4n) is 1.64. The van der Waals surface area contributed by atoms with Crippen LogP contribution in [-0.2, 0) is 4.79 Å². The molecule has 1 aromatic rings. The molecule has 0 saturated heterocycles. The van der Waals surface area contributed by atoms with E-state index < -0.39 is 6.04 Å². The van der Waals surface area contributed by atoms with Crippen LogP contribution in [0.4, 0.5) is 5.69 Å². The maximum absolute atomic E-state index is 11.4. The van der Waals surface area contributed by atoms with Gasteiger partial charge in [0.05, 0.1) is 11.6 Å². The Hall–Kier alpha value is -1.30. The van der Waals surface area contributed by atoms with Gasteiger partial charge in [-0.1, -0.05) is 11.6 Å². The predicted octanol–water partition coefficient (Wildman–Crippen LogP) is 1.05. The summed E-state index contributed by atoms with van der Waals surface area (Å²) < 4.78 is 5.39. The third-order valence-corrected chi connectivity index (χ3v) is 2.83. The van der Waals surface area contributed by atoms with E-state index in [-0.39, 0.29) is 12.5 Å². The van der Waals surface area contributed by atoms with Crippen LogP contribution >= 0.6 is 11.6 Å². The first-order valence-electron chi connectivity index (χ1n) is 5.27. The Morgan fingerprint density at radius 3 is 3.00 bits per heavy atom. The number of rotatable bonds is 4. The molecule has 1 aromatic carbocycles. The molecule has 6 heteroatoms. The summed E-state index contributed by atoms with van der Waals surface area (Å²) in [6.45, 7) is 0.430. The van der Waals surface area contributed by atoms with Crippen molar-refractivity contribution >= 4 is 23.2 Å². The number of benzene rings is 1. The number of hydrogen-bond acceptors (Lipinski definition) is 4. The lowest BCUT2D eigenvalue weighted by molar-refractivity contribution is -0.116. The van der Waals surface area contributed by atoms with Crippen molar-refractivity contribution in [2.24, 2.45) is 5.73 Å². The molecule has 2 rings (SSSR count). The molecule has 4 N–H and O–H groups in total. The number of anilines is 1. The summed E-state index contributed by atoms with van der Waals surface area (Å²) in [7, 11) is 0. The van der Waals surface area contributed by atoms with Gasteiger partial charge in [0.2, 0.25) is 5.91 Å². The Labute approximate surface area is 104 Å². The van der Waals surface area contributed by atoms with Gasteiger partial charge in [-0.15, -0.1) is 0 Å². The van der Waals surface area contributed by atoms with E-state index in [0.717, 1.165) is 0 Å². The van der Waals surface area contributed by atoms with Crippen molar-refractivity contribution in [3.05, 3.63) is 22.7 Å². The van der Waals surface area contributed by atoms with Gasteiger partial charge in [-0.25, -0.2) is 0 Å². The normalized spacial score (nSPS) is 17.8. The molecule has 17 heavy (non-hydrogen) atoms. The molecule has 0 bridgehead atoms. The summed E-state index contributed by atoms with van der Waals surface area (Å²) in [4.78, 5) is 11.4. The topological polar surface area (TPSA) is 84.6 Å². The molecule has 0 radical (unpaired) electrons. The minimum atomic E-state index is -0.672. The highest BCUT2D eigenvalue weighted by Crippen LogP contribution is 2.37. The van der Waals surface area contributed by atoms with Crippen LogP contribution in [0.5, 0.6) is 5.75 Å². The summed E-state index contributed by atoms with van der Waals surface area (Å²) in [5, 5.41) is 11.7. The van der Waals surface area contributed by atoms with E-state index in [1.54, 1.807) is 12.1 Å². The van der Waals surface area contributed by atoms with E-state index in [9.17, 15) is 4.79 Å². The van der Waals surface area contributed by atoms with Crippen molar-refractivity contribution < 1.29 is 14.6 Å². The van der Waals surface area contributed by atoms with Gasteiger partial charge in [-0.05, 0) is 6.07 Å². The SMILES string of the molecule is NC1C(=O)Nc2cc(OCCCO)c(Cl)cc21. The standard InChI is InChI=1S/C11H13ClN2O3/c12-7-4-6-8(14-11(16)10(6)13)5-9(7)17-3-1-2-15/h4-5,10,15H,1-3,13H2,(H,14,16). The smallest absolute Gasteiger partial charge is 0.245 e. The van der Waals surface area contributed by atoms with Crippen molar-refractivity contribution in [3.8, 4) is 5.75 Å². The van der Waals surface area contributed by atoms with Crippen molar-refractivity contribution in [2.45, 2.75) is 12.5 Å². The van der Waals surface area contributed by atoms with Crippen LogP contribution < -0.4 is 15.8 Å². The van der Waals surface area contributed by atoms with E-state index in [1.807, 2.05) is 0 Å². The highest BCUT2D eigenvalue weighted by Gasteiger charge is 2.28. The van der Waals surface area contributed by atoms with E-state index in [4.69, 9.17) is 27.2 Å². The second-order valence-corrected chi connectivity index (χ2v) is 4.17. The molecule has 0 saturated carbocycles. The molecule has 0 fully saturated rings. The van der Waals surface area contributed by atoms with Crippen LogP contribution in [0.25, 0.3) is 0 Å². The first kappa shape index (κ1) is 12.2. The number of hydrogen-bond donors (Lipinski definition) is 3. The number of fused-ring (bicyclic) bond motifs is 1. The number of carbonyl (C=O) groups excluding carboxylic acids is 1. The lowest BCUT2D eigenvalue weighted by Crippen LogP contribution is -2.19. The molecular formula is C11H13ClN2O3. The molecule has 1 atom stereocenters. The van der Waals surface area contributed by atoms with Gasteiger partial charge in [0.1, 0.15) is 11.8 Å². The molecule has 1 heterocycles. The van der Waals surface area contributed by atoms with Crippen LogP contribution in [0, 0.1) is 0 Å². The van der Waals surface area contributed by atoms with Crippen LogP contribution in [0.2, 0.25) is 5.02 Å². The molecule has 1 amide bonds. The summed E-state index contributed by atoms with van der Waals surface area (Å²) in [6, 6.07) is 2.61. The maximum atomic E-state index is 11.4. The second kappa shape index (κ2) is 4.91. The zero-order chi connectivity index (χ0) is 12.4. The molecule has 0 aliphatic carbocycles. The second-order valence-electron chi connectivity index (χ2n) is 3.76. The van der Waals surface area contributed by atoms with Gasteiger partial charge in [0.25, 0.3) is 0 Å². The number of nitrogens with one attached hydrogen (secondary N) is 1. The highest BCUT2D eigenvalue weighted by molar-refractivity contribution is 6.32. The van der Waals surface area contributed by atoms with Crippen molar-refractivity contribution in [3.63, 3.8) is 0 Å². The van der Waals surface area contributed by atoms with E-state index >= 15 is 0 Å². The number of ether oxygens (including phenoxy) is 1. The summed E-state index contributed by atoms with van der Waals surface area (Å²) in [5.41, 5.74) is 6.99. The molecule has 92 valence electrons. The Balaban J connectivity index is 2.21. The summed E-state index contributed by atoms with van der Waals surface area (Å²) in [5.74, 6) is 0.233. The monoisotopic (exact) mass is 256 g/mol. The van der Waals surface area contributed by atoms with E-state index in [2.05, 4.69) is 5.32 Å². The van der Waals surface area contributed by atoms with Crippen LogP contribution in [0.15, 0.2) is 12.1 Å². The zero-order valence-corrected chi connectivity index (χ0v) is 9.83. The third kappa shape index (κ3) is 2.36. The first-order chi connectivity index (χ1) is 8.13. The number of carbonyl (C=O) groups is 1. The number of nitrogens with two attached hydrogens (primary N) is 1. The van der Waals surface area contributed by atoms with Crippen molar-refractivity contribution in [1.29, 1.82) is 0 Å². The van der Waals surface area contributed by atoms with Gasteiger partial charge in [0.15, 0.2) is 0 Å². The van der Waals surface area contributed by atoms with Crippen LogP contribution in [0.3, 0.4) is 0 Å². The number of amides is 1. The largest absolute Gasteiger partial charge is 0.492 e. The lowest BCUT2D eigenvalue weighted by Gasteiger charge is -2.09. The zero-order valence-electron chi connectivity index (χ0n) is 9.07.